The Morgan fingerprint density at radius 3 is 2.64 bits per heavy atom. The number of nitrogens with zero attached hydrogens (tertiary/aromatic N) is 1. The van der Waals surface area contributed by atoms with Gasteiger partial charge in [-0.05, 0) is 109 Å². The van der Waals surface area contributed by atoms with E-state index in [-0.39, 0.29) is 23.2 Å². The maximum Gasteiger partial charge on any atom is 0.170 e. The van der Waals surface area contributed by atoms with Crippen LogP contribution in [-0.4, -0.2) is 28.2 Å². The molecule has 200 valence electrons. The van der Waals surface area contributed by atoms with E-state index in [1.54, 1.807) is 6.08 Å². The Bertz CT molecular complexity index is 1500. The molecule has 1 spiro atoms. The highest BCUT2D eigenvalue weighted by Crippen LogP contribution is 2.71. The summed E-state index contributed by atoms with van der Waals surface area (Å²) in [4.78, 5) is 13.8. The van der Waals surface area contributed by atoms with E-state index in [4.69, 9.17) is 0 Å². The topological polar surface area (TPSA) is 81.3 Å². The van der Waals surface area contributed by atoms with Gasteiger partial charge in [0.1, 0.15) is 0 Å². The average Bonchev–Trinajstić information content (AvgIpc) is 3.48. The van der Waals surface area contributed by atoms with Crippen LogP contribution < -0.4 is 0 Å². The van der Waals surface area contributed by atoms with Gasteiger partial charge >= 0.3 is 0 Å². The molecular weight excluding hydrogens is 482 g/mol. The zero-order valence-electron chi connectivity index (χ0n) is 22.9. The van der Waals surface area contributed by atoms with Gasteiger partial charge in [-0.1, -0.05) is 61.9 Å². The minimum Gasteiger partial charge on any atom is -0.392 e. The van der Waals surface area contributed by atoms with Crippen molar-refractivity contribution in [3.63, 3.8) is 0 Å². The van der Waals surface area contributed by atoms with Crippen molar-refractivity contribution < 1.29 is 15.0 Å². The predicted molar refractivity (Wildman–Crippen MR) is 151 cm³/mol. The minimum atomic E-state index is -0.852. The van der Waals surface area contributed by atoms with E-state index in [2.05, 4.69) is 38.1 Å². The maximum atomic E-state index is 13.8. The second kappa shape index (κ2) is 8.26. The number of aliphatic hydroxyl groups excluding tert-OH is 1. The second-order valence-electron chi connectivity index (χ2n) is 13.4. The third kappa shape index (κ3) is 3.15. The third-order valence-corrected chi connectivity index (χ3v) is 12.0. The monoisotopic (exact) mass is 519 g/mol. The van der Waals surface area contributed by atoms with Gasteiger partial charge in [0.05, 0.1) is 29.3 Å². The smallest absolute Gasteiger partial charge is 0.170 e. The fraction of sp³-hybridized carbons (Fsp3) is 0.486. The van der Waals surface area contributed by atoms with Gasteiger partial charge in [0.15, 0.2) is 5.78 Å². The number of rotatable bonds is 3. The van der Waals surface area contributed by atoms with Crippen molar-refractivity contribution in [3.8, 4) is 17.2 Å². The van der Waals surface area contributed by atoms with Crippen LogP contribution in [0.25, 0.3) is 11.1 Å². The minimum absolute atomic E-state index is 0.0381. The highest BCUT2D eigenvalue weighted by atomic mass is 16.3. The molecule has 2 aromatic rings. The molecule has 0 saturated heterocycles. The number of nitriles is 1. The van der Waals surface area contributed by atoms with Gasteiger partial charge in [-0.3, -0.25) is 4.79 Å². The number of carbonyl (C=O) groups excluding carboxylic acids is 1. The molecule has 4 nitrogen and oxygen atoms in total. The highest BCUT2D eigenvalue weighted by molar-refractivity contribution is 6.09. The molecule has 0 aromatic heterocycles. The fourth-order valence-corrected chi connectivity index (χ4v) is 9.93. The average molecular weight is 520 g/mol. The van der Waals surface area contributed by atoms with Gasteiger partial charge < -0.3 is 10.2 Å². The molecule has 1 unspecified atom stereocenters. The third-order valence-electron chi connectivity index (χ3n) is 12.0. The van der Waals surface area contributed by atoms with E-state index < -0.39 is 11.0 Å². The normalized spacial score (nSPS) is 39.9. The number of benzene rings is 2. The summed E-state index contributed by atoms with van der Waals surface area (Å²) in [6.45, 7) is 4.66. The van der Waals surface area contributed by atoms with Gasteiger partial charge in [-0.25, -0.2) is 0 Å². The Balaban J connectivity index is 1.23. The van der Waals surface area contributed by atoms with E-state index in [9.17, 15) is 20.3 Å². The van der Waals surface area contributed by atoms with Crippen LogP contribution in [0.5, 0.6) is 0 Å². The molecule has 0 heterocycles. The lowest BCUT2D eigenvalue weighted by Gasteiger charge is -2.59. The molecule has 0 radical (unpaired) electrons. The number of hydrogen-bond donors (Lipinski definition) is 2. The number of allylic oxidation sites excluding steroid dienone is 1. The predicted octanol–water partition coefficient (Wildman–Crippen LogP) is 6.25. The zero-order valence-corrected chi connectivity index (χ0v) is 22.9. The van der Waals surface area contributed by atoms with Crippen molar-refractivity contribution in [1.29, 1.82) is 5.26 Å². The molecule has 2 N–H and O–H groups in total. The summed E-state index contributed by atoms with van der Waals surface area (Å²) >= 11 is 0. The standard InChI is InChI=1S/C35H37NO3/c1-32-21-35(29-11-8-22(18-30(29)35)25-7-4-3-6-23(25)20-36)31(38)19-24(32)9-10-26-27(32)12-15-33(2)28(26)13-16-34(33,39)14-5-17-37/h3-8,11,14,18-19,26-28,37,39H,9-10,12-13,15-17,21H2,1-2H3/b14-5-/t26-,27+,28+,32+,33+,34+,35?/m1/s1. The molecule has 4 heteroatoms. The molecule has 0 bridgehead atoms. The van der Waals surface area contributed by atoms with Crippen molar-refractivity contribution in [3.05, 3.63) is 83.0 Å². The van der Waals surface area contributed by atoms with Crippen molar-refractivity contribution in [2.45, 2.75) is 69.8 Å². The van der Waals surface area contributed by atoms with Crippen molar-refractivity contribution in [2.24, 2.45) is 28.6 Å². The number of carbonyl (C=O) groups is 1. The summed E-state index contributed by atoms with van der Waals surface area (Å²) in [6, 6.07) is 16.4. The number of hydrogen-bond acceptors (Lipinski definition) is 4. The van der Waals surface area contributed by atoms with Crippen LogP contribution in [0.2, 0.25) is 0 Å². The first-order valence-electron chi connectivity index (χ1n) is 14.6. The first kappa shape index (κ1) is 25.0. The molecule has 7 atom stereocenters. The van der Waals surface area contributed by atoms with Gasteiger partial charge in [-0.15, -0.1) is 0 Å². The number of ketones is 1. The molecule has 39 heavy (non-hydrogen) atoms. The summed E-state index contributed by atoms with van der Waals surface area (Å²) in [7, 11) is 0. The second-order valence-corrected chi connectivity index (χ2v) is 13.4. The van der Waals surface area contributed by atoms with Gasteiger partial charge in [0.25, 0.3) is 0 Å². The number of aliphatic hydroxyl groups is 2. The van der Waals surface area contributed by atoms with Gasteiger partial charge in [0, 0.05) is 5.41 Å². The Morgan fingerprint density at radius 2 is 1.85 bits per heavy atom. The van der Waals surface area contributed by atoms with Crippen LogP contribution in [0.4, 0.5) is 0 Å². The molecule has 3 saturated carbocycles. The van der Waals surface area contributed by atoms with E-state index in [1.807, 2.05) is 36.4 Å². The van der Waals surface area contributed by atoms with Crippen LogP contribution in [0.15, 0.2) is 66.3 Å². The fourth-order valence-electron chi connectivity index (χ4n) is 9.93. The summed E-state index contributed by atoms with van der Waals surface area (Å²) in [5.74, 6) is 1.72. The largest absolute Gasteiger partial charge is 0.392 e. The summed E-state index contributed by atoms with van der Waals surface area (Å²) in [5, 5.41) is 30.7. The Labute approximate surface area is 231 Å². The summed E-state index contributed by atoms with van der Waals surface area (Å²) in [5.41, 5.74) is 4.63. The quantitative estimate of drug-likeness (QED) is 0.470. The summed E-state index contributed by atoms with van der Waals surface area (Å²) < 4.78 is 0. The van der Waals surface area contributed by atoms with Gasteiger partial charge in [-0.2, -0.15) is 5.26 Å². The molecule has 5 aliphatic carbocycles. The first-order chi connectivity index (χ1) is 18.7. The SMILES string of the molecule is C[C@]12CC3(C(=O)C=C1CC[C@@H]1[C@@H]2CC[C@@]2(C)[C@H]1CC[C@@]2(O)/C=C\CO)c1ccc(-c2ccccc2C#N)cc13. The summed E-state index contributed by atoms with van der Waals surface area (Å²) in [6.07, 6.45) is 12.3. The Morgan fingerprint density at radius 1 is 1.05 bits per heavy atom. The Hall–Kier alpha value is -3.00. The van der Waals surface area contributed by atoms with Gasteiger partial charge in [0.2, 0.25) is 0 Å². The molecule has 2 aromatic carbocycles. The zero-order chi connectivity index (χ0) is 27.2. The van der Waals surface area contributed by atoms with Crippen LogP contribution in [0.1, 0.15) is 75.5 Å². The maximum absolute atomic E-state index is 13.8. The molecule has 0 aliphatic heterocycles. The van der Waals surface area contributed by atoms with Crippen LogP contribution in [-0.2, 0) is 10.2 Å². The van der Waals surface area contributed by atoms with Crippen molar-refractivity contribution in [1.82, 2.24) is 0 Å². The first-order valence-corrected chi connectivity index (χ1v) is 14.6. The van der Waals surface area contributed by atoms with Crippen LogP contribution in [0, 0.1) is 39.9 Å². The lowest BCUT2D eigenvalue weighted by molar-refractivity contribution is -0.124. The van der Waals surface area contributed by atoms with Crippen LogP contribution >= 0.6 is 0 Å². The number of fused-ring (bicyclic) bond motifs is 8. The lowest BCUT2D eigenvalue weighted by atomic mass is 9.45. The highest BCUT2D eigenvalue weighted by Gasteiger charge is 2.67. The molecule has 5 aliphatic rings. The van der Waals surface area contributed by atoms with E-state index in [0.29, 0.717) is 23.3 Å². The molecule has 7 rings (SSSR count). The van der Waals surface area contributed by atoms with E-state index in [0.717, 1.165) is 67.2 Å². The van der Waals surface area contributed by atoms with E-state index in [1.165, 1.54) is 5.57 Å². The van der Waals surface area contributed by atoms with Crippen molar-refractivity contribution in [2.75, 3.05) is 6.61 Å². The molecular formula is C35H37NO3. The van der Waals surface area contributed by atoms with E-state index >= 15 is 0 Å². The molecule has 0 amide bonds. The van der Waals surface area contributed by atoms with Crippen molar-refractivity contribution >= 4 is 5.78 Å². The Kier molecular flexibility index (Phi) is 5.29. The lowest BCUT2D eigenvalue weighted by Crippen LogP contribution is -2.55. The van der Waals surface area contributed by atoms with Crippen LogP contribution in [0.3, 0.4) is 0 Å². The molecule has 3 fully saturated rings.